The summed E-state index contributed by atoms with van der Waals surface area (Å²) >= 11 is 12.6. The minimum Gasteiger partial charge on any atom is -0.480 e. The predicted octanol–water partition coefficient (Wildman–Crippen LogP) is 18.0. The van der Waals surface area contributed by atoms with Crippen molar-refractivity contribution in [2.45, 2.75) is 126 Å². The summed E-state index contributed by atoms with van der Waals surface area (Å²) in [7, 11) is -3.89. The van der Waals surface area contributed by atoms with Crippen LogP contribution in [0.5, 0.6) is 0 Å². The monoisotopic (exact) mass is 2030 g/mol. The number of carboxylic acids is 2. The zero-order chi connectivity index (χ0) is 92.4. The minimum atomic E-state index is -2.25. The molecule has 0 radical (unpaired) electrons. The molecule has 0 saturated carbocycles. The molecule has 4 saturated heterocycles. The average Bonchev–Trinajstić information content (AvgIpc) is 1.67. The fourth-order valence-electron chi connectivity index (χ4n) is 11.7. The van der Waals surface area contributed by atoms with Crippen molar-refractivity contribution in [3.8, 4) is 0 Å². The minimum absolute atomic E-state index is 0.0161. The van der Waals surface area contributed by atoms with Crippen molar-refractivity contribution < 1.29 is 86.0 Å². The smallest absolute Gasteiger partial charge is 0.407 e. The zero-order valence-corrected chi connectivity index (χ0v) is 80.4. The van der Waals surface area contributed by atoms with Crippen molar-refractivity contribution in [2.24, 2.45) is 11.5 Å². The number of alkyl halides is 2. The third-order valence-corrected chi connectivity index (χ3v) is 21.2. The SMILES string of the molecule is CBr.CBr.CP(C)(=O)c1ccc(C[C@H](NC(=O)OCc2ccccc2)[C@H]2CO2)cc1.CP(C)(C)=O.N[C@@H](Cc1ccc(Br)cc1)C(=O)O.N[C@@H](Cc1ccccc1)C(=O)O.O=C(N[C@@H](Cc1ccc(Br)cc1)[C@H]1CO1)OCc1ccccc1.O=C(N[C@@H](Cc1ccccc1)[C@H]1CO1)OCc1ccccc1.O=C(N[C@@H](Cc1ccccc1)[C@H]1CO1)OCc1ccccc1. The molecule has 0 aliphatic carbocycles. The number of alkyl carbamates (subject to hydrolysis) is 4. The lowest BCUT2D eigenvalue weighted by Crippen LogP contribution is -2.40. The van der Waals surface area contributed by atoms with E-state index in [1.54, 1.807) is 33.3 Å². The Bertz CT molecular complexity index is 4770. The van der Waals surface area contributed by atoms with Gasteiger partial charge in [-0.05, 0) is 163 Å². The van der Waals surface area contributed by atoms with Crippen LogP contribution >= 0.6 is 78.0 Å². The number of carboxylic acid groups (broad SMARTS) is 2. The molecule has 0 aromatic heterocycles. The quantitative estimate of drug-likeness (QED) is 0.00866. The molecule has 10 aromatic carbocycles. The van der Waals surface area contributed by atoms with Crippen molar-refractivity contribution in [1.82, 2.24) is 21.3 Å². The Morgan fingerprint density at radius 3 is 0.685 bits per heavy atom. The molecule has 10 N–H and O–H groups in total. The van der Waals surface area contributed by atoms with Crippen LogP contribution in [0.3, 0.4) is 0 Å². The van der Waals surface area contributed by atoms with Crippen molar-refractivity contribution in [3.63, 3.8) is 0 Å². The van der Waals surface area contributed by atoms with Gasteiger partial charge in [-0.3, -0.25) is 9.59 Å². The maximum atomic E-state index is 12.1. The van der Waals surface area contributed by atoms with E-state index in [9.17, 15) is 37.9 Å². The number of amides is 4. The Morgan fingerprint density at radius 1 is 0.323 bits per heavy atom. The summed E-state index contributed by atoms with van der Waals surface area (Å²) in [6.45, 7) is 12.5. The van der Waals surface area contributed by atoms with Gasteiger partial charge >= 0.3 is 36.3 Å². The standard InChI is InChI=1S/C20H24NO4P.C18H18BrNO3.2C18H19NO3.C9H10BrNO2.C9H11NO2.C3H9OP.2CH3Br/c1-26(2,23)17-10-8-15(9-11-17)12-18(19-14-24-19)21-20(22)25-13-16-6-4-3-5-7-16;19-15-8-6-13(7-9-15)10-16(17-12-22-17)20-18(21)23-11-14-4-2-1-3-5-14;2*20-18(22-12-15-9-5-2-6-10-15)19-16(17-13-21-17)11-14-7-3-1-4-8-14;10-7-3-1-6(2-4-7)5-8(11)9(12)13;10-8(9(11)12)6-7-4-2-1-3-5-7;1-5(2,3)4;2*1-2/h3-11,18-19H,12-14H2,1-2H3,(H,21,22);1-9,16-17H,10-12H2,(H,20,21);2*1-10,16-17H,11-13H2,(H,19,20);1-4,8H,5,11H2,(H,12,13);1-5,8H,6,10H2,(H,11,12);1-3H3;2*1H3/t18-,19+;3*16-,17+;2*8-;;;/m000000.../s1. The number of benzene rings is 10. The molecule has 680 valence electrons. The van der Waals surface area contributed by atoms with E-state index in [0.717, 1.165) is 78.0 Å². The van der Waals surface area contributed by atoms with Gasteiger partial charge in [0, 0.05) is 14.2 Å². The van der Waals surface area contributed by atoms with Crippen LogP contribution in [0.2, 0.25) is 0 Å². The second-order valence-electron chi connectivity index (χ2n) is 30.5. The summed E-state index contributed by atoms with van der Waals surface area (Å²) < 4.78 is 66.8. The molecule has 10 atom stereocenters. The number of hydrogen-bond donors (Lipinski definition) is 8. The van der Waals surface area contributed by atoms with Crippen LogP contribution in [0.4, 0.5) is 19.2 Å². The van der Waals surface area contributed by atoms with Gasteiger partial charge in [0.2, 0.25) is 0 Å². The van der Waals surface area contributed by atoms with Crippen LogP contribution < -0.4 is 38.0 Å². The number of carbonyl (C=O) groups excluding carboxylic acids is 4. The maximum absolute atomic E-state index is 12.1. The van der Waals surface area contributed by atoms with Gasteiger partial charge in [0.05, 0.1) is 57.7 Å². The first-order valence-corrected chi connectivity index (χ1v) is 51.3. The molecule has 10 aromatic rings. The van der Waals surface area contributed by atoms with Crippen LogP contribution in [-0.2, 0) is 122 Å². The molecular weight excluding hydrogens is 1920 g/mol. The number of aliphatic carboxylic acids is 2. The highest BCUT2D eigenvalue weighted by Gasteiger charge is 2.38. The summed E-state index contributed by atoms with van der Waals surface area (Å²) in [6.07, 6.45) is 2.20. The van der Waals surface area contributed by atoms with Gasteiger partial charge in [0.15, 0.2) is 0 Å². The second-order valence-corrected chi connectivity index (χ2v) is 39.3. The summed E-state index contributed by atoms with van der Waals surface area (Å²) in [6, 6.07) is 89.2. The van der Waals surface area contributed by atoms with Crippen molar-refractivity contribution in [2.75, 3.05) is 71.4 Å². The molecule has 14 rings (SSSR count). The molecular formula is C97H116Br4N6O18P2. The first-order valence-electron chi connectivity index (χ1n) is 40.9. The van der Waals surface area contributed by atoms with Gasteiger partial charge in [-0.15, -0.1) is 0 Å². The number of nitrogens with two attached hydrogens (primary N) is 2. The Labute approximate surface area is 779 Å². The van der Waals surface area contributed by atoms with E-state index >= 15 is 0 Å². The summed E-state index contributed by atoms with van der Waals surface area (Å²) in [4.78, 5) is 68.9. The van der Waals surface area contributed by atoms with Gasteiger partial charge < -0.3 is 90.0 Å². The van der Waals surface area contributed by atoms with Crippen LogP contribution in [0.15, 0.2) is 294 Å². The van der Waals surface area contributed by atoms with Gasteiger partial charge in [-0.25, -0.2) is 19.2 Å². The molecule has 0 bridgehead atoms. The van der Waals surface area contributed by atoms with Gasteiger partial charge in [0.25, 0.3) is 0 Å². The number of carbonyl (C=O) groups is 6. The van der Waals surface area contributed by atoms with E-state index in [0.29, 0.717) is 45.7 Å². The van der Waals surface area contributed by atoms with Gasteiger partial charge in [0.1, 0.15) is 70.1 Å². The molecule has 4 fully saturated rings. The molecule has 4 amide bonds. The molecule has 30 heteroatoms. The first kappa shape index (κ1) is 106. The Balaban J connectivity index is 0.000000234. The third kappa shape index (κ3) is 47.8. The van der Waals surface area contributed by atoms with E-state index in [4.69, 9.17) is 59.6 Å². The fourth-order valence-corrected chi connectivity index (χ4v) is 13.1. The van der Waals surface area contributed by atoms with Crippen LogP contribution in [-0.4, -0.2) is 179 Å². The topological polar surface area (TPSA) is 364 Å². The number of epoxide rings is 4. The normalized spacial score (nSPS) is 15.8. The van der Waals surface area contributed by atoms with Crippen molar-refractivity contribution in [1.29, 1.82) is 0 Å². The number of nitrogens with one attached hydrogen (secondary N) is 4. The van der Waals surface area contributed by atoms with E-state index in [1.165, 1.54) is 11.1 Å². The molecule has 4 heterocycles. The summed E-state index contributed by atoms with van der Waals surface area (Å²) in [5.41, 5.74) is 21.0. The van der Waals surface area contributed by atoms with E-state index in [2.05, 4.69) is 85.0 Å². The van der Waals surface area contributed by atoms with Crippen LogP contribution in [0, 0.1) is 0 Å². The Kier molecular flexibility index (Phi) is 49.1. The van der Waals surface area contributed by atoms with E-state index in [-0.39, 0.29) is 75.0 Å². The van der Waals surface area contributed by atoms with Gasteiger partial charge in [-0.1, -0.05) is 325 Å². The predicted molar refractivity (Wildman–Crippen MR) is 515 cm³/mol. The van der Waals surface area contributed by atoms with Crippen molar-refractivity contribution in [3.05, 3.63) is 350 Å². The molecule has 4 aliphatic rings. The first-order chi connectivity index (χ1) is 61.0. The van der Waals surface area contributed by atoms with Crippen molar-refractivity contribution >= 4 is 120 Å². The lowest BCUT2D eigenvalue weighted by molar-refractivity contribution is -0.139. The summed E-state index contributed by atoms with van der Waals surface area (Å²) in [5, 5.41) is 29.6. The lowest BCUT2D eigenvalue weighted by atomic mass is 10.0. The number of halogens is 4. The highest BCUT2D eigenvalue weighted by molar-refractivity contribution is 9.11. The average molecular weight is 2040 g/mol. The number of rotatable bonds is 31. The molecule has 127 heavy (non-hydrogen) atoms. The lowest BCUT2D eigenvalue weighted by Gasteiger charge is -2.17. The van der Waals surface area contributed by atoms with E-state index in [1.807, 2.05) is 297 Å². The molecule has 4 aliphatic heterocycles. The van der Waals surface area contributed by atoms with Gasteiger partial charge in [-0.2, -0.15) is 0 Å². The molecule has 0 spiro atoms. The van der Waals surface area contributed by atoms with Crippen LogP contribution in [0.1, 0.15) is 55.6 Å². The number of ether oxygens (including phenoxy) is 8. The largest absolute Gasteiger partial charge is 0.480 e. The highest BCUT2D eigenvalue weighted by atomic mass is 79.9. The third-order valence-electron chi connectivity index (χ3n) is 18.6. The highest BCUT2D eigenvalue weighted by Crippen LogP contribution is 2.35. The Morgan fingerprint density at radius 2 is 0.496 bits per heavy atom. The second kappa shape index (κ2) is 58.7. The number of hydrogen-bond acceptors (Lipinski definition) is 18. The molecule has 0 unspecified atom stereocenters. The van der Waals surface area contributed by atoms with E-state index < -0.39 is 62.7 Å². The fraction of sp³-hybridized carbons (Fsp3) is 0.320. The van der Waals surface area contributed by atoms with Crippen LogP contribution in [0.25, 0.3) is 0 Å². The summed E-state index contributed by atoms with van der Waals surface area (Å²) in [5.74, 6) is 1.70. The molecule has 24 nitrogen and oxygen atoms in total. The zero-order valence-electron chi connectivity index (χ0n) is 72.3. The maximum Gasteiger partial charge on any atom is 0.407 e. The Hall–Kier alpha value is -9.64.